The highest BCUT2D eigenvalue weighted by molar-refractivity contribution is 9.10. The van der Waals surface area contributed by atoms with Gasteiger partial charge in [-0.1, -0.05) is 32.0 Å². The minimum Gasteiger partial charge on any atom is -0.496 e. The molecule has 2 aromatic rings. The van der Waals surface area contributed by atoms with Crippen molar-refractivity contribution in [3.8, 4) is 5.75 Å². The molecule has 0 N–H and O–H groups in total. The Bertz CT molecular complexity index is 691. The van der Waals surface area contributed by atoms with E-state index in [2.05, 4.69) is 77.1 Å². The molecule has 3 rings (SSSR count). The van der Waals surface area contributed by atoms with Crippen LogP contribution in [-0.2, 0) is 0 Å². The molecule has 2 nitrogen and oxygen atoms in total. The summed E-state index contributed by atoms with van der Waals surface area (Å²) in [7, 11) is 1.72. The SMILES string of the molecule is CCC1(C)CSc2cc(OC)c(Br)cc2N(c2ccccc2)C1. The molecule has 0 saturated heterocycles. The Morgan fingerprint density at radius 2 is 2.00 bits per heavy atom. The zero-order valence-electron chi connectivity index (χ0n) is 13.8. The third-order valence-corrected chi connectivity index (χ3v) is 6.66. The number of hydrogen-bond acceptors (Lipinski definition) is 3. The Balaban J connectivity index is 2.13. The van der Waals surface area contributed by atoms with E-state index in [1.807, 2.05) is 11.8 Å². The highest BCUT2D eigenvalue weighted by Crippen LogP contribution is 2.47. The van der Waals surface area contributed by atoms with Gasteiger partial charge in [0.2, 0.25) is 0 Å². The molecule has 4 heteroatoms. The average Bonchev–Trinajstić information content (AvgIpc) is 2.73. The first-order valence-corrected chi connectivity index (χ1v) is 9.67. The summed E-state index contributed by atoms with van der Waals surface area (Å²) in [6, 6.07) is 15.0. The molecule has 0 bridgehead atoms. The van der Waals surface area contributed by atoms with Crippen LogP contribution in [0.3, 0.4) is 0 Å². The van der Waals surface area contributed by atoms with E-state index in [1.54, 1.807) is 7.11 Å². The normalized spacial score (nSPS) is 20.8. The topological polar surface area (TPSA) is 12.5 Å². The molecule has 2 aromatic carbocycles. The zero-order chi connectivity index (χ0) is 16.4. The van der Waals surface area contributed by atoms with Crippen LogP contribution in [0.5, 0.6) is 5.75 Å². The van der Waals surface area contributed by atoms with Gasteiger partial charge in [0.1, 0.15) is 5.75 Å². The molecule has 1 aliphatic heterocycles. The van der Waals surface area contributed by atoms with Crippen LogP contribution >= 0.6 is 27.7 Å². The third kappa shape index (κ3) is 3.38. The van der Waals surface area contributed by atoms with Crippen molar-refractivity contribution in [1.82, 2.24) is 0 Å². The summed E-state index contributed by atoms with van der Waals surface area (Å²) in [5.74, 6) is 2.01. The molecule has 0 aromatic heterocycles. The third-order valence-electron chi connectivity index (χ3n) is 4.56. The number of para-hydroxylation sites is 1. The summed E-state index contributed by atoms with van der Waals surface area (Å²) in [5.41, 5.74) is 2.78. The van der Waals surface area contributed by atoms with Gasteiger partial charge in [-0.05, 0) is 52.0 Å². The molecule has 0 amide bonds. The predicted molar refractivity (Wildman–Crippen MR) is 103 cm³/mol. The molecule has 1 heterocycles. The first-order valence-electron chi connectivity index (χ1n) is 7.89. The number of nitrogens with zero attached hydrogens (tertiary/aromatic N) is 1. The number of methoxy groups -OCH3 is 1. The smallest absolute Gasteiger partial charge is 0.134 e. The first-order chi connectivity index (χ1) is 11.1. The molecule has 0 spiro atoms. The molecule has 0 radical (unpaired) electrons. The number of hydrogen-bond donors (Lipinski definition) is 0. The van der Waals surface area contributed by atoms with Crippen LogP contribution in [-0.4, -0.2) is 19.4 Å². The van der Waals surface area contributed by atoms with Crippen LogP contribution < -0.4 is 9.64 Å². The van der Waals surface area contributed by atoms with Gasteiger partial charge in [-0.25, -0.2) is 0 Å². The minimum atomic E-state index is 0.277. The molecule has 1 unspecified atom stereocenters. The summed E-state index contributed by atoms with van der Waals surface area (Å²) in [6.45, 7) is 5.69. The van der Waals surface area contributed by atoms with E-state index < -0.39 is 0 Å². The van der Waals surface area contributed by atoms with E-state index in [1.165, 1.54) is 16.3 Å². The van der Waals surface area contributed by atoms with E-state index in [0.29, 0.717) is 0 Å². The lowest BCUT2D eigenvalue weighted by molar-refractivity contribution is 0.373. The fourth-order valence-corrected chi connectivity index (χ4v) is 4.62. The van der Waals surface area contributed by atoms with Gasteiger partial charge in [0, 0.05) is 22.9 Å². The first kappa shape index (κ1) is 16.7. The standard InChI is InChI=1S/C19H22BrNOS/c1-4-19(2)12-21(14-8-6-5-7-9-14)16-10-15(20)17(22-3)11-18(16)23-13-19/h5-11H,4,12-13H2,1-3H3. The average molecular weight is 392 g/mol. The number of fused-ring (bicyclic) bond motifs is 1. The van der Waals surface area contributed by atoms with Crippen molar-refractivity contribution in [3.05, 3.63) is 46.9 Å². The lowest BCUT2D eigenvalue weighted by atomic mass is 9.89. The van der Waals surface area contributed by atoms with Gasteiger partial charge in [-0.3, -0.25) is 0 Å². The van der Waals surface area contributed by atoms with Crippen molar-refractivity contribution >= 4 is 39.1 Å². The van der Waals surface area contributed by atoms with Gasteiger partial charge in [-0.2, -0.15) is 0 Å². The zero-order valence-corrected chi connectivity index (χ0v) is 16.2. The van der Waals surface area contributed by atoms with Crippen molar-refractivity contribution < 1.29 is 4.74 Å². The predicted octanol–water partition coefficient (Wildman–Crippen LogP) is 6.12. The van der Waals surface area contributed by atoms with Gasteiger partial charge in [0.05, 0.1) is 17.3 Å². The molecular formula is C19H22BrNOS. The fraction of sp³-hybridized carbons (Fsp3) is 0.368. The van der Waals surface area contributed by atoms with Gasteiger partial charge >= 0.3 is 0 Å². The molecule has 1 atom stereocenters. The number of benzene rings is 2. The highest BCUT2D eigenvalue weighted by Gasteiger charge is 2.32. The molecule has 0 saturated carbocycles. The van der Waals surface area contributed by atoms with Crippen molar-refractivity contribution in [3.63, 3.8) is 0 Å². The maximum absolute atomic E-state index is 5.49. The number of anilines is 2. The number of halogens is 1. The maximum Gasteiger partial charge on any atom is 0.134 e. The summed E-state index contributed by atoms with van der Waals surface area (Å²) >= 11 is 5.58. The Labute approximate surface area is 151 Å². The lowest BCUT2D eigenvalue weighted by Gasteiger charge is -2.33. The summed E-state index contributed by atoms with van der Waals surface area (Å²) in [4.78, 5) is 3.73. The molecular weight excluding hydrogens is 370 g/mol. The van der Waals surface area contributed by atoms with Crippen LogP contribution in [0.2, 0.25) is 0 Å². The van der Waals surface area contributed by atoms with Crippen LogP contribution in [0.25, 0.3) is 0 Å². The van der Waals surface area contributed by atoms with Gasteiger partial charge in [0.25, 0.3) is 0 Å². The van der Waals surface area contributed by atoms with E-state index in [0.717, 1.165) is 28.9 Å². The van der Waals surface area contributed by atoms with Gasteiger partial charge in [-0.15, -0.1) is 11.8 Å². The summed E-state index contributed by atoms with van der Waals surface area (Å²) in [5, 5.41) is 0. The monoisotopic (exact) mass is 391 g/mol. The molecule has 0 aliphatic carbocycles. The minimum absolute atomic E-state index is 0.277. The van der Waals surface area contributed by atoms with Gasteiger partial charge in [0.15, 0.2) is 0 Å². The fourth-order valence-electron chi connectivity index (χ4n) is 2.82. The summed E-state index contributed by atoms with van der Waals surface area (Å²) in [6.07, 6.45) is 1.16. The number of rotatable bonds is 3. The second-order valence-electron chi connectivity index (χ2n) is 6.33. The van der Waals surface area contributed by atoms with E-state index >= 15 is 0 Å². The number of thioether (sulfide) groups is 1. The highest BCUT2D eigenvalue weighted by atomic mass is 79.9. The van der Waals surface area contributed by atoms with E-state index in [4.69, 9.17) is 4.74 Å². The van der Waals surface area contributed by atoms with Crippen LogP contribution in [0.4, 0.5) is 11.4 Å². The van der Waals surface area contributed by atoms with Gasteiger partial charge < -0.3 is 9.64 Å². The molecule has 122 valence electrons. The second-order valence-corrected chi connectivity index (χ2v) is 8.20. The second kappa shape index (κ2) is 6.78. The van der Waals surface area contributed by atoms with E-state index in [9.17, 15) is 0 Å². The number of ether oxygens (including phenoxy) is 1. The van der Waals surface area contributed by atoms with Crippen molar-refractivity contribution in [2.75, 3.05) is 24.3 Å². The Morgan fingerprint density at radius 3 is 2.65 bits per heavy atom. The largest absolute Gasteiger partial charge is 0.496 e. The van der Waals surface area contributed by atoms with Crippen LogP contribution in [0, 0.1) is 5.41 Å². The Morgan fingerprint density at radius 1 is 1.26 bits per heavy atom. The van der Waals surface area contributed by atoms with Crippen molar-refractivity contribution in [1.29, 1.82) is 0 Å². The summed E-state index contributed by atoms with van der Waals surface area (Å²) < 4.78 is 6.49. The van der Waals surface area contributed by atoms with Crippen LogP contribution in [0.15, 0.2) is 51.8 Å². The Kier molecular flexibility index (Phi) is 4.93. The van der Waals surface area contributed by atoms with E-state index in [-0.39, 0.29) is 5.41 Å². The Hall–Kier alpha value is -1.13. The van der Waals surface area contributed by atoms with Crippen molar-refractivity contribution in [2.24, 2.45) is 5.41 Å². The van der Waals surface area contributed by atoms with Crippen LogP contribution in [0.1, 0.15) is 20.3 Å². The lowest BCUT2D eigenvalue weighted by Crippen LogP contribution is -2.33. The molecule has 23 heavy (non-hydrogen) atoms. The molecule has 0 fully saturated rings. The van der Waals surface area contributed by atoms with Crippen molar-refractivity contribution in [2.45, 2.75) is 25.2 Å². The molecule has 1 aliphatic rings. The quantitative estimate of drug-likeness (QED) is 0.625. The maximum atomic E-state index is 5.49.